The minimum atomic E-state index is 0.173. The molecule has 0 bridgehead atoms. The van der Waals surface area contributed by atoms with E-state index in [9.17, 15) is 0 Å². The lowest BCUT2D eigenvalue weighted by Gasteiger charge is -2.32. The topological polar surface area (TPSA) is 55.2 Å². The highest BCUT2D eigenvalue weighted by Crippen LogP contribution is 2.20. The fourth-order valence-corrected chi connectivity index (χ4v) is 3.53. The molecule has 2 aromatic heterocycles. The van der Waals surface area contributed by atoms with E-state index in [0.29, 0.717) is 10.9 Å². The molecule has 24 heavy (non-hydrogen) atoms. The molecule has 1 N–H and O–H groups in total. The molecular formula is C17H22ClN5O. The summed E-state index contributed by atoms with van der Waals surface area (Å²) in [6.45, 7) is 5.76. The largest absolute Gasteiger partial charge is 0.473 e. The van der Waals surface area contributed by atoms with E-state index in [1.807, 2.05) is 12.1 Å². The van der Waals surface area contributed by atoms with E-state index in [-0.39, 0.29) is 6.10 Å². The maximum atomic E-state index is 6.01. The Morgan fingerprint density at radius 1 is 1.33 bits per heavy atom. The maximum absolute atomic E-state index is 6.01. The lowest BCUT2D eigenvalue weighted by molar-refractivity contribution is 0.0801. The van der Waals surface area contributed by atoms with Gasteiger partial charge in [-0.15, -0.1) is 0 Å². The van der Waals surface area contributed by atoms with Crippen molar-refractivity contribution in [3.05, 3.63) is 40.8 Å². The number of halogens is 1. The second kappa shape index (κ2) is 7.09. The molecule has 0 aromatic carbocycles. The summed E-state index contributed by atoms with van der Waals surface area (Å²) < 4.78 is 8.14. The summed E-state index contributed by atoms with van der Waals surface area (Å²) in [7, 11) is 0. The van der Waals surface area contributed by atoms with Gasteiger partial charge in [0.1, 0.15) is 6.10 Å². The van der Waals surface area contributed by atoms with Crippen LogP contribution in [0.1, 0.15) is 24.2 Å². The van der Waals surface area contributed by atoms with Crippen LogP contribution in [0.2, 0.25) is 5.02 Å². The van der Waals surface area contributed by atoms with Crippen LogP contribution in [0.25, 0.3) is 0 Å². The van der Waals surface area contributed by atoms with Crippen molar-refractivity contribution < 1.29 is 4.74 Å². The van der Waals surface area contributed by atoms with E-state index in [2.05, 4.69) is 25.9 Å². The summed E-state index contributed by atoms with van der Waals surface area (Å²) >= 11 is 5.87. The van der Waals surface area contributed by atoms with Gasteiger partial charge in [0.15, 0.2) is 0 Å². The molecule has 2 aliphatic heterocycles. The highest BCUT2D eigenvalue weighted by molar-refractivity contribution is 6.30. The van der Waals surface area contributed by atoms with Crippen molar-refractivity contribution in [3.63, 3.8) is 0 Å². The highest BCUT2D eigenvalue weighted by Gasteiger charge is 2.23. The molecule has 4 heterocycles. The monoisotopic (exact) mass is 347 g/mol. The van der Waals surface area contributed by atoms with Crippen molar-refractivity contribution in [2.24, 2.45) is 0 Å². The number of hydrogen-bond acceptors (Lipinski definition) is 5. The number of fused-ring (bicyclic) bond motifs is 1. The molecule has 2 aromatic rings. The molecule has 0 radical (unpaired) electrons. The minimum Gasteiger partial charge on any atom is -0.473 e. The van der Waals surface area contributed by atoms with Crippen molar-refractivity contribution in [3.8, 4) is 5.88 Å². The van der Waals surface area contributed by atoms with Gasteiger partial charge in [-0.3, -0.25) is 9.58 Å². The predicted octanol–water partition coefficient (Wildman–Crippen LogP) is 2.08. The molecule has 0 amide bonds. The van der Waals surface area contributed by atoms with Gasteiger partial charge >= 0.3 is 0 Å². The number of nitrogens with one attached hydrogen (secondary N) is 1. The van der Waals surface area contributed by atoms with E-state index in [4.69, 9.17) is 21.4 Å². The second-order valence-corrected chi connectivity index (χ2v) is 6.90. The third-order valence-corrected chi connectivity index (χ3v) is 4.78. The summed E-state index contributed by atoms with van der Waals surface area (Å²) in [6.07, 6.45) is 3.99. The van der Waals surface area contributed by atoms with Crippen LogP contribution in [0, 0.1) is 0 Å². The van der Waals surface area contributed by atoms with Crippen LogP contribution in [0.15, 0.2) is 24.4 Å². The van der Waals surface area contributed by atoms with Gasteiger partial charge in [0, 0.05) is 38.4 Å². The second-order valence-electron chi connectivity index (χ2n) is 6.46. The zero-order valence-corrected chi connectivity index (χ0v) is 14.4. The molecule has 1 fully saturated rings. The Bertz CT molecular complexity index is 663. The fourth-order valence-electron chi connectivity index (χ4n) is 3.41. The average molecular weight is 348 g/mol. The van der Waals surface area contributed by atoms with Crippen molar-refractivity contribution >= 4 is 11.6 Å². The van der Waals surface area contributed by atoms with Gasteiger partial charge in [0.05, 0.1) is 23.0 Å². The van der Waals surface area contributed by atoms with Crippen molar-refractivity contribution in [1.29, 1.82) is 0 Å². The smallest absolute Gasteiger partial charge is 0.213 e. The summed E-state index contributed by atoms with van der Waals surface area (Å²) in [5.74, 6) is 0.648. The number of piperidine rings is 1. The summed E-state index contributed by atoms with van der Waals surface area (Å²) in [4.78, 5) is 6.65. The van der Waals surface area contributed by atoms with Gasteiger partial charge < -0.3 is 10.1 Å². The van der Waals surface area contributed by atoms with E-state index in [1.165, 1.54) is 5.69 Å². The first kappa shape index (κ1) is 15.9. The van der Waals surface area contributed by atoms with Crippen molar-refractivity contribution in [2.45, 2.75) is 38.6 Å². The summed E-state index contributed by atoms with van der Waals surface area (Å²) in [6, 6.07) is 5.86. The van der Waals surface area contributed by atoms with E-state index in [0.717, 1.165) is 57.8 Å². The van der Waals surface area contributed by atoms with Gasteiger partial charge in [0.25, 0.3) is 0 Å². The fraction of sp³-hybridized carbons (Fsp3) is 0.529. The Balaban J connectivity index is 1.36. The Morgan fingerprint density at radius 2 is 2.29 bits per heavy atom. The SMILES string of the molecule is Clc1ccc(OC2CCCN(Cc3cc4n(n3)CCNC4)C2)nc1. The standard InChI is InChI=1S/C17H22ClN5O/c18-13-3-4-17(20-9-13)24-16-2-1-6-22(12-16)11-14-8-15-10-19-5-7-23(15)21-14/h3-4,8-9,16,19H,1-2,5-7,10-12H2. The summed E-state index contributed by atoms with van der Waals surface area (Å²) in [5, 5.41) is 8.75. The highest BCUT2D eigenvalue weighted by atomic mass is 35.5. The van der Waals surface area contributed by atoms with Crippen LogP contribution in [0.5, 0.6) is 5.88 Å². The molecular weight excluding hydrogens is 326 g/mol. The van der Waals surface area contributed by atoms with Gasteiger partial charge in [-0.05, 0) is 31.5 Å². The zero-order valence-electron chi connectivity index (χ0n) is 13.6. The van der Waals surface area contributed by atoms with Crippen LogP contribution in [0.4, 0.5) is 0 Å². The Kier molecular flexibility index (Phi) is 4.69. The maximum Gasteiger partial charge on any atom is 0.213 e. The molecule has 0 aliphatic carbocycles. The number of likely N-dealkylation sites (tertiary alicyclic amines) is 1. The third kappa shape index (κ3) is 3.71. The minimum absolute atomic E-state index is 0.173. The van der Waals surface area contributed by atoms with Gasteiger partial charge in [-0.1, -0.05) is 11.6 Å². The van der Waals surface area contributed by atoms with Gasteiger partial charge in [-0.25, -0.2) is 4.98 Å². The number of hydrogen-bond donors (Lipinski definition) is 1. The van der Waals surface area contributed by atoms with Gasteiger partial charge in [0.2, 0.25) is 5.88 Å². The van der Waals surface area contributed by atoms with E-state index >= 15 is 0 Å². The molecule has 4 rings (SSSR count). The number of nitrogens with zero attached hydrogens (tertiary/aromatic N) is 4. The molecule has 1 saturated heterocycles. The first-order valence-electron chi connectivity index (χ1n) is 8.53. The normalized spacial score (nSPS) is 21.5. The Hall–Kier alpha value is -1.63. The number of aromatic nitrogens is 3. The molecule has 0 spiro atoms. The lowest BCUT2D eigenvalue weighted by atomic mass is 10.1. The molecule has 0 saturated carbocycles. The molecule has 2 aliphatic rings. The lowest BCUT2D eigenvalue weighted by Crippen LogP contribution is -2.40. The van der Waals surface area contributed by atoms with Crippen LogP contribution in [-0.4, -0.2) is 45.4 Å². The van der Waals surface area contributed by atoms with Crippen LogP contribution in [0.3, 0.4) is 0 Å². The molecule has 6 nitrogen and oxygen atoms in total. The number of rotatable bonds is 4. The summed E-state index contributed by atoms with van der Waals surface area (Å²) in [5.41, 5.74) is 2.44. The van der Waals surface area contributed by atoms with Crippen LogP contribution >= 0.6 is 11.6 Å². The number of ether oxygens (including phenoxy) is 1. The third-order valence-electron chi connectivity index (χ3n) is 4.56. The van der Waals surface area contributed by atoms with Crippen molar-refractivity contribution in [1.82, 2.24) is 25.0 Å². The average Bonchev–Trinajstić information content (AvgIpc) is 2.99. The first-order valence-corrected chi connectivity index (χ1v) is 8.91. The zero-order chi connectivity index (χ0) is 16.4. The molecule has 128 valence electrons. The van der Waals surface area contributed by atoms with Crippen LogP contribution < -0.4 is 10.1 Å². The number of pyridine rings is 1. The van der Waals surface area contributed by atoms with E-state index in [1.54, 1.807) is 6.20 Å². The molecule has 7 heteroatoms. The Morgan fingerprint density at radius 3 is 3.12 bits per heavy atom. The molecule has 1 unspecified atom stereocenters. The van der Waals surface area contributed by atoms with Crippen molar-refractivity contribution in [2.75, 3.05) is 19.6 Å². The molecule has 1 atom stereocenters. The predicted molar refractivity (Wildman–Crippen MR) is 92.1 cm³/mol. The first-order chi connectivity index (χ1) is 11.8. The quantitative estimate of drug-likeness (QED) is 0.917. The van der Waals surface area contributed by atoms with Gasteiger partial charge in [-0.2, -0.15) is 5.10 Å². The van der Waals surface area contributed by atoms with E-state index < -0.39 is 0 Å². The van der Waals surface area contributed by atoms with Crippen LogP contribution in [-0.2, 0) is 19.6 Å². The Labute approximate surface area is 146 Å².